The zero-order chi connectivity index (χ0) is 14.9. The molecule has 0 spiro atoms. The highest BCUT2D eigenvalue weighted by Gasteiger charge is 2.15. The molecule has 21 heavy (non-hydrogen) atoms. The summed E-state index contributed by atoms with van der Waals surface area (Å²) < 4.78 is 5.23. The van der Waals surface area contributed by atoms with E-state index in [9.17, 15) is 9.59 Å². The number of urea groups is 1. The first-order valence-corrected chi connectivity index (χ1v) is 7.21. The minimum absolute atomic E-state index is 0.137. The number of rotatable bonds is 5. The largest absolute Gasteiger partial charge is 0.381 e. The molecule has 6 heteroatoms. The Labute approximate surface area is 124 Å². The summed E-state index contributed by atoms with van der Waals surface area (Å²) in [6, 6.07) is 8.97. The number of hydrogen-bond acceptors (Lipinski definition) is 3. The van der Waals surface area contributed by atoms with Gasteiger partial charge in [-0.2, -0.15) is 0 Å². The Balaban J connectivity index is 1.58. The normalized spacial score (nSPS) is 15.2. The van der Waals surface area contributed by atoms with Crippen LogP contribution in [0.4, 0.5) is 4.79 Å². The van der Waals surface area contributed by atoms with E-state index in [-0.39, 0.29) is 18.0 Å². The lowest BCUT2D eigenvalue weighted by molar-refractivity contribution is 0.0800. The van der Waals surface area contributed by atoms with E-state index in [1.165, 1.54) is 0 Å². The van der Waals surface area contributed by atoms with Gasteiger partial charge in [0.05, 0.1) is 0 Å². The molecular weight excluding hydrogens is 270 g/mol. The third-order valence-corrected chi connectivity index (χ3v) is 3.29. The summed E-state index contributed by atoms with van der Waals surface area (Å²) in [7, 11) is 0. The van der Waals surface area contributed by atoms with Crippen molar-refractivity contribution in [1.82, 2.24) is 16.0 Å². The van der Waals surface area contributed by atoms with Crippen LogP contribution >= 0.6 is 0 Å². The quantitative estimate of drug-likeness (QED) is 0.705. The summed E-state index contributed by atoms with van der Waals surface area (Å²) in [5.41, 5.74) is 0.615. The smallest absolute Gasteiger partial charge is 0.315 e. The van der Waals surface area contributed by atoms with E-state index in [1.54, 1.807) is 12.1 Å². The van der Waals surface area contributed by atoms with E-state index >= 15 is 0 Å². The average molecular weight is 291 g/mol. The van der Waals surface area contributed by atoms with E-state index < -0.39 is 0 Å². The highest BCUT2D eigenvalue weighted by atomic mass is 16.5. The first-order valence-electron chi connectivity index (χ1n) is 7.21. The Morgan fingerprint density at radius 2 is 1.71 bits per heavy atom. The molecule has 0 unspecified atom stereocenters. The maximum absolute atomic E-state index is 11.8. The zero-order valence-electron chi connectivity index (χ0n) is 11.9. The number of amides is 3. The van der Waals surface area contributed by atoms with Gasteiger partial charge in [0.25, 0.3) is 5.91 Å². The molecule has 1 heterocycles. The topological polar surface area (TPSA) is 79.5 Å². The van der Waals surface area contributed by atoms with Crippen LogP contribution in [0.25, 0.3) is 0 Å². The van der Waals surface area contributed by atoms with E-state index in [1.807, 2.05) is 18.2 Å². The maximum atomic E-state index is 11.8. The minimum Gasteiger partial charge on any atom is -0.381 e. The van der Waals surface area contributed by atoms with Crippen LogP contribution in [0.2, 0.25) is 0 Å². The van der Waals surface area contributed by atoms with Crippen molar-refractivity contribution in [3.63, 3.8) is 0 Å². The fourth-order valence-electron chi connectivity index (χ4n) is 2.12. The molecule has 0 aromatic heterocycles. The van der Waals surface area contributed by atoms with E-state index in [0.29, 0.717) is 31.9 Å². The first kappa shape index (κ1) is 15.3. The molecule has 1 fully saturated rings. The standard InChI is InChI=1S/C15H21N3O3/c19-14(12-4-2-1-3-5-12)16-8-9-17-15(20)18-13-6-10-21-11-7-13/h1-5,13H,6-11H2,(H,16,19)(H2,17,18,20). The van der Waals surface area contributed by atoms with Crippen molar-refractivity contribution in [2.45, 2.75) is 18.9 Å². The molecular formula is C15H21N3O3. The summed E-state index contributed by atoms with van der Waals surface area (Å²) >= 11 is 0. The molecule has 1 aliphatic rings. The van der Waals surface area contributed by atoms with E-state index in [0.717, 1.165) is 12.8 Å². The van der Waals surface area contributed by atoms with Crippen LogP contribution < -0.4 is 16.0 Å². The van der Waals surface area contributed by atoms with Gasteiger partial charge in [0.1, 0.15) is 0 Å². The van der Waals surface area contributed by atoms with Crippen LogP contribution in [0.5, 0.6) is 0 Å². The third kappa shape index (κ3) is 5.43. The molecule has 3 N–H and O–H groups in total. The molecule has 114 valence electrons. The predicted octanol–water partition coefficient (Wildman–Crippen LogP) is 0.895. The van der Waals surface area contributed by atoms with Gasteiger partial charge in [0, 0.05) is 37.9 Å². The molecule has 3 amide bonds. The van der Waals surface area contributed by atoms with Crippen molar-refractivity contribution < 1.29 is 14.3 Å². The average Bonchev–Trinajstić information content (AvgIpc) is 2.53. The number of nitrogens with one attached hydrogen (secondary N) is 3. The molecule has 1 aliphatic heterocycles. The van der Waals surface area contributed by atoms with E-state index in [4.69, 9.17) is 4.74 Å². The number of benzene rings is 1. The Hall–Kier alpha value is -2.08. The van der Waals surface area contributed by atoms with Crippen LogP contribution in [-0.2, 0) is 4.74 Å². The number of ether oxygens (including phenoxy) is 1. The molecule has 1 aromatic rings. The van der Waals surface area contributed by atoms with Gasteiger partial charge in [0.15, 0.2) is 0 Å². The van der Waals surface area contributed by atoms with Gasteiger partial charge in [-0.05, 0) is 25.0 Å². The fraction of sp³-hybridized carbons (Fsp3) is 0.467. The zero-order valence-corrected chi connectivity index (χ0v) is 11.9. The molecule has 0 atom stereocenters. The summed E-state index contributed by atoms with van der Waals surface area (Å²) in [6.45, 7) is 2.18. The molecule has 2 rings (SSSR count). The third-order valence-electron chi connectivity index (χ3n) is 3.29. The Bertz CT molecular complexity index is 458. The second-order valence-corrected chi connectivity index (χ2v) is 4.91. The monoisotopic (exact) mass is 291 g/mol. The van der Waals surface area contributed by atoms with Gasteiger partial charge >= 0.3 is 6.03 Å². The highest BCUT2D eigenvalue weighted by molar-refractivity contribution is 5.94. The van der Waals surface area contributed by atoms with Crippen molar-refractivity contribution in [2.24, 2.45) is 0 Å². The fourth-order valence-corrected chi connectivity index (χ4v) is 2.12. The molecule has 1 saturated heterocycles. The first-order chi connectivity index (χ1) is 10.3. The van der Waals surface area contributed by atoms with Crippen LogP contribution in [-0.4, -0.2) is 44.3 Å². The maximum Gasteiger partial charge on any atom is 0.315 e. The predicted molar refractivity (Wildman–Crippen MR) is 79.2 cm³/mol. The van der Waals surface area contributed by atoms with Crippen LogP contribution in [0.1, 0.15) is 23.2 Å². The molecule has 0 aliphatic carbocycles. The summed E-state index contributed by atoms with van der Waals surface area (Å²) in [5.74, 6) is -0.137. The molecule has 0 saturated carbocycles. The Kier molecular flexibility index (Phi) is 6.02. The summed E-state index contributed by atoms with van der Waals surface area (Å²) in [5, 5.41) is 8.38. The number of hydrogen-bond donors (Lipinski definition) is 3. The lowest BCUT2D eigenvalue weighted by Crippen LogP contribution is -2.46. The molecule has 6 nitrogen and oxygen atoms in total. The minimum atomic E-state index is -0.198. The molecule has 0 bridgehead atoms. The second-order valence-electron chi connectivity index (χ2n) is 4.91. The Morgan fingerprint density at radius 1 is 1.05 bits per heavy atom. The highest BCUT2D eigenvalue weighted by Crippen LogP contribution is 2.05. The number of carbonyl (C=O) groups excluding carboxylic acids is 2. The lowest BCUT2D eigenvalue weighted by atomic mass is 10.1. The summed E-state index contributed by atoms with van der Waals surface area (Å²) in [6.07, 6.45) is 1.69. The van der Waals surface area contributed by atoms with Gasteiger partial charge in [-0.15, -0.1) is 0 Å². The van der Waals surface area contributed by atoms with Gasteiger partial charge < -0.3 is 20.7 Å². The van der Waals surface area contributed by atoms with Gasteiger partial charge in [-0.3, -0.25) is 4.79 Å². The van der Waals surface area contributed by atoms with Crippen molar-refractivity contribution in [1.29, 1.82) is 0 Å². The second kappa shape index (κ2) is 8.26. The van der Waals surface area contributed by atoms with Crippen molar-refractivity contribution in [3.05, 3.63) is 35.9 Å². The van der Waals surface area contributed by atoms with Crippen molar-refractivity contribution in [2.75, 3.05) is 26.3 Å². The Morgan fingerprint density at radius 3 is 2.43 bits per heavy atom. The van der Waals surface area contributed by atoms with Crippen LogP contribution in [0.3, 0.4) is 0 Å². The van der Waals surface area contributed by atoms with Gasteiger partial charge in [0.2, 0.25) is 0 Å². The lowest BCUT2D eigenvalue weighted by Gasteiger charge is -2.23. The molecule has 1 aromatic carbocycles. The van der Waals surface area contributed by atoms with Gasteiger partial charge in [-0.1, -0.05) is 18.2 Å². The SMILES string of the molecule is O=C(NCCNC(=O)c1ccccc1)NC1CCOCC1. The number of carbonyl (C=O) groups is 2. The van der Waals surface area contributed by atoms with Crippen molar-refractivity contribution >= 4 is 11.9 Å². The summed E-state index contributed by atoms with van der Waals surface area (Å²) in [4.78, 5) is 23.4. The molecule has 0 radical (unpaired) electrons. The van der Waals surface area contributed by atoms with E-state index in [2.05, 4.69) is 16.0 Å². The van der Waals surface area contributed by atoms with Crippen molar-refractivity contribution in [3.8, 4) is 0 Å². The van der Waals surface area contributed by atoms with Crippen LogP contribution in [0.15, 0.2) is 30.3 Å². The van der Waals surface area contributed by atoms with Gasteiger partial charge in [-0.25, -0.2) is 4.79 Å². The van der Waals surface area contributed by atoms with Crippen LogP contribution in [0, 0.1) is 0 Å².